The number of hydrogen-bond acceptors (Lipinski definition) is 6. The Morgan fingerprint density at radius 2 is 1.61 bits per heavy atom. The molecule has 0 saturated heterocycles. The van der Waals surface area contributed by atoms with Crippen LogP contribution in [0.4, 0.5) is 0 Å². The first-order valence-electron chi connectivity index (χ1n) is 13.9. The molecular formula is C32H33N3O6. The molecular weight excluding hydrogens is 522 g/mol. The molecule has 2 aliphatic carbocycles. The molecule has 41 heavy (non-hydrogen) atoms. The van der Waals surface area contributed by atoms with E-state index in [0.29, 0.717) is 29.0 Å². The molecule has 2 aromatic carbocycles. The van der Waals surface area contributed by atoms with Gasteiger partial charge in [-0.3, -0.25) is 9.59 Å². The largest absolute Gasteiger partial charge is 0.504 e. The first kappa shape index (κ1) is 26.8. The highest BCUT2D eigenvalue weighted by molar-refractivity contribution is 6.17. The summed E-state index contributed by atoms with van der Waals surface area (Å²) in [6.07, 6.45) is 2.02. The average Bonchev–Trinajstić information content (AvgIpc) is 3.23. The minimum atomic E-state index is -1.27. The molecule has 9 nitrogen and oxygen atoms in total. The molecule has 2 heterocycles. The number of para-hydroxylation sites is 2. The van der Waals surface area contributed by atoms with Crippen LogP contribution < -0.4 is 16.1 Å². The van der Waals surface area contributed by atoms with Crippen LogP contribution >= 0.6 is 0 Å². The summed E-state index contributed by atoms with van der Waals surface area (Å²) in [7, 11) is 0. The van der Waals surface area contributed by atoms with Gasteiger partial charge in [0.05, 0.1) is 30.3 Å². The van der Waals surface area contributed by atoms with Crippen molar-refractivity contribution in [3.8, 4) is 17.2 Å². The fourth-order valence-corrected chi connectivity index (χ4v) is 7.38. The van der Waals surface area contributed by atoms with Gasteiger partial charge in [-0.15, -0.1) is 0 Å². The van der Waals surface area contributed by atoms with Crippen LogP contribution in [0, 0.1) is 10.8 Å². The average molecular weight is 556 g/mol. The summed E-state index contributed by atoms with van der Waals surface area (Å²) < 4.78 is 9.66. The number of aromatic nitrogens is 3. The number of benzene rings is 2. The number of carbonyl (C=O) groups excluding carboxylic acids is 2. The van der Waals surface area contributed by atoms with Crippen molar-refractivity contribution in [2.45, 2.75) is 59.5 Å². The summed E-state index contributed by atoms with van der Waals surface area (Å²) in [5.41, 5.74) is -1.10. The highest BCUT2D eigenvalue weighted by Gasteiger charge is 2.67. The van der Waals surface area contributed by atoms with Crippen LogP contribution in [0.25, 0.3) is 5.69 Å². The molecule has 1 N–H and O–H groups in total. The molecule has 0 bridgehead atoms. The second-order valence-electron chi connectivity index (χ2n) is 11.6. The van der Waals surface area contributed by atoms with Gasteiger partial charge in [-0.25, -0.2) is 23.5 Å². The fourth-order valence-electron chi connectivity index (χ4n) is 7.38. The molecule has 3 aliphatic rings. The number of nitrogens with zero attached hydrogens (tertiary/aromatic N) is 3. The molecule has 9 heteroatoms. The summed E-state index contributed by atoms with van der Waals surface area (Å²) in [5.74, 6) is -0.930. The number of ketones is 2. The van der Waals surface area contributed by atoms with Gasteiger partial charge in [-0.05, 0) is 62.1 Å². The molecule has 1 aliphatic heterocycles. The van der Waals surface area contributed by atoms with Gasteiger partial charge in [0.1, 0.15) is 0 Å². The van der Waals surface area contributed by atoms with Crippen molar-refractivity contribution in [2.24, 2.45) is 10.8 Å². The van der Waals surface area contributed by atoms with Crippen LogP contribution in [-0.4, -0.2) is 37.2 Å². The second kappa shape index (κ2) is 9.06. The van der Waals surface area contributed by atoms with Crippen LogP contribution in [-0.2, 0) is 16.1 Å². The predicted octanol–water partition coefficient (Wildman–Crippen LogP) is 4.07. The minimum absolute atomic E-state index is 0.102. The zero-order valence-electron chi connectivity index (χ0n) is 23.8. The number of rotatable bonds is 4. The molecule has 0 spiro atoms. The number of hydrogen-bond donors (Lipinski definition) is 1. The fraction of sp³-hybridized carbons (Fsp3) is 0.375. The third-order valence-corrected chi connectivity index (χ3v) is 9.77. The minimum Gasteiger partial charge on any atom is -0.504 e. The van der Waals surface area contributed by atoms with Crippen LogP contribution in [0.5, 0.6) is 11.5 Å². The standard InChI is InChI=1S/C32H33N3O6/c1-6-41-24-14-10-13-22(26(24)36)25-21-15-16-33-29(39)34(20-11-8-7-9-12-20)30(40)35(33)23(21)17-31(4)27(37)18(2)19(3)28(38)32(25,31)5/h7-15,23,25,36H,6,16-17H2,1-5H3/t23-,25-,31+,32-/m1/s1. The second-order valence-corrected chi connectivity index (χ2v) is 11.6. The van der Waals surface area contributed by atoms with Crippen molar-refractivity contribution >= 4 is 11.6 Å². The Labute approximate surface area is 237 Å². The van der Waals surface area contributed by atoms with Crippen molar-refractivity contribution in [1.29, 1.82) is 0 Å². The Morgan fingerprint density at radius 1 is 0.927 bits per heavy atom. The molecule has 1 fully saturated rings. The van der Waals surface area contributed by atoms with E-state index >= 15 is 0 Å². The van der Waals surface area contributed by atoms with Crippen LogP contribution in [0.15, 0.2) is 80.9 Å². The van der Waals surface area contributed by atoms with Crippen LogP contribution in [0.3, 0.4) is 0 Å². The summed E-state index contributed by atoms with van der Waals surface area (Å²) in [6.45, 7) is 9.18. The van der Waals surface area contributed by atoms with Crippen molar-refractivity contribution in [1.82, 2.24) is 13.9 Å². The van der Waals surface area contributed by atoms with Gasteiger partial charge in [0, 0.05) is 16.9 Å². The highest BCUT2D eigenvalue weighted by atomic mass is 16.5. The number of fused-ring (bicyclic) bond motifs is 4. The smallest absolute Gasteiger partial charge is 0.352 e. The van der Waals surface area contributed by atoms with E-state index < -0.39 is 34.2 Å². The molecule has 3 aromatic rings. The van der Waals surface area contributed by atoms with Crippen LogP contribution in [0.1, 0.15) is 58.6 Å². The Balaban J connectivity index is 1.65. The number of Topliss-reactive ketones (excluding diaryl/α,β-unsaturated/α-hetero) is 2. The topological polar surface area (TPSA) is 113 Å². The molecule has 0 unspecified atom stereocenters. The molecule has 212 valence electrons. The molecule has 1 aromatic heterocycles. The molecule has 6 rings (SSSR count). The van der Waals surface area contributed by atoms with Gasteiger partial charge in [0.2, 0.25) is 0 Å². The lowest BCUT2D eigenvalue weighted by Crippen LogP contribution is -2.61. The number of aromatic hydroxyl groups is 1. The number of phenols is 1. The van der Waals surface area contributed by atoms with Crippen LogP contribution in [0.2, 0.25) is 0 Å². The van der Waals surface area contributed by atoms with Crippen molar-refractivity contribution < 1.29 is 19.4 Å². The lowest BCUT2D eigenvalue weighted by atomic mass is 9.43. The SMILES string of the molecule is CCOc1cccc([C@H]2C3=CCn4c(=O)n(-c5ccccc5)c(=O)n4[C@@H]3C[C@@]3(C)C(=O)C(C)=C(C)C(=O)[C@@]23C)c1O. The molecule has 1 saturated carbocycles. The van der Waals surface area contributed by atoms with Crippen molar-refractivity contribution in [3.63, 3.8) is 0 Å². The van der Waals surface area contributed by atoms with Crippen molar-refractivity contribution in [2.75, 3.05) is 6.61 Å². The van der Waals surface area contributed by atoms with Gasteiger partial charge in [-0.1, -0.05) is 50.3 Å². The third-order valence-electron chi connectivity index (χ3n) is 9.77. The monoisotopic (exact) mass is 555 g/mol. The zero-order valence-corrected chi connectivity index (χ0v) is 23.8. The maximum absolute atomic E-state index is 14.3. The van der Waals surface area contributed by atoms with Gasteiger partial charge >= 0.3 is 11.4 Å². The van der Waals surface area contributed by atoms with E-state index in [0.717, 1.165) is 10.1 Å². The third kappa shape index (κ3) is 3.35. The van der Waals surface area contributed by atoms with Gasteiger partial charge in [0.25, 0.3) is 0 Å². The van der Waals surface area contributed by atoms with Gasteiger partial charge < -0.3 is 9.84 Å². The molecule has 4 atom stereocenters. The summed E-state index contributed by atoms with van der Waals surface area (Å²) in [4.78, 5) is 56.0. The van der Waals surface area contributed by atoms with Gasteiger partial charge in [-0.2, -0.15) is 0 Å². The number of ether oxygens (including phenoxy) is 1. The number of carbonyl (C=O) groups is 2. The Kier molecular flexibility index (Phi) is 5.92. The van der Waals surface area contributed by atoms with Gasteiger partial charge in [0.15, 0.2) is 23.1 Å². The van der Waals surface area contributed by atoms with E-state index in [1.165, 1.54) is 9.36 Å². The van der Waals surface area contributed by atoms with E-state index in [1.54, 1.807) is 70.2 Å². The molecule has 0 amide bonds. The summed E-state index contributed by atoms with van der Waals surface area (Å²) >= 11 is 0. The van der Waals surface area contributed by atoms with E-state index in [2.05, 4.69) is 0 Å². The van der Waals surface area contributed by atoms with E-state index in [-0.39, 0.29) is 36.0 Å². The van der Waals surface area contributed by atoms with Crippen molar-refractivity contribution in [3.05, 3.63) is 97.9 Å². The predicted molar refractivity (Wildman–Crippen MR) is 153 cm³/mol. The summed E-state index contributed by atoms with van der Waals surface area (Å²) in [5, 5.41) is 11.5. The number of allylic oxidation sites excluding steroid dienone is 4. The van der Waals surface area contributed by atoms with E-state index in [9.17, 15) is 24.3 Å². The lowest BCUT2D eigenvalue weighted by molar-refractivity contribution is -0.151. The molecule has 0 radical (unpaired) electrons. The van der Waals surface area contributed by atoms with E-state index in [1.807, 2.05) is 19.1 Å². The quantitative estimate of drug-likeness (QED) is 0.486. The lowest BCUT2D eigenvalue weighted by Gasteiger charge is -2.58. The van der Waals surface area contributed by atoms with E-state index in [4.69, 9.17) is 4.74 Å². The Hall–Kier alpha value is -4.40. The first-order valence-corrected chi connectivity index (χ1v) is 13.9. The first-order chi connectivity index (χ1) is 19.5. The zero-order chi connectivity index (χ0) is 29.4. The summed E-state index contributed by atoms with van der Waals surface area (Å²) in [6, 6.07) is 13.2. The number of phenolic OH excluding ortho intramolecular Hbond substituents is 1. The highest BCUT2D eigenvalue weighted by Crippen LogP contribution is 2.67. The maximum atomic E-state index is 14.3. The normalized spacial score (nSPS) is 27.2. The Morgan fingerprint density at radius 3 is 2.29 bits per heavy atom. The Bertz CT molecular complexity index is 1810. The maximum Gasteiger partial charge on any atom is 0.352 e.